The number of ether oxygens (including phenoxy) is 1. The van der Waals surface area contributed by atoms with E-state index in [1.165, 1.54) is 0 Å². The summed E-state index contributed by atoms with van der Waals surface area (Å²) in [6, 6.07) is 1.92. The Morgan fingerprint density at radius 3 is 2.74 bits per heavy atom. The van der Waals surface area contributed by atoms with Crippen LogP contribution in [0.15, 0.2) is 22.3 Å². The fraction of sp³-hybridized carbons (Fsp3) is 0.560. The van der Waals surface area contributed by atoms with Gasteiger partial charge in [0.15, 0.2) is 0 Å². The van der Waals surface area contributed by atoms with Gasteiger partial charge in [0.2, 0.25) is 0 Å². The maximum Gasteiger partial charge on any atom is 0.255 e. The molecule has 0 aliphatic carbocycles. The number of nitrogens with zero attached hydrogens (tertiary/aromatic N) is 3. The number of allylic oxidation sites excluding steroid dienone is 1. The van der Waals surface area contributed by atoms with Gasteiger partial charge in [-0.1, -0.05) is 23.2 Å². The van der Waals surface area contributed by atoms with Crippen molar-refractivity contribution < 1.29 is 14.3 Å². The third-order valence-corrected chi connectivity index (χ3v) is 8.88. The van der Waals surface area contributed by atoms with Gasteiger partial charge in [0.1, 0.15) is 0 Å². The Hall–Kier alpha value is -2.09. The Morgan fingerprint density at radius 1 is 1.21 bits per heavy atom. The van der Waals surface area contributed by atoms with E-state index in [2.05, 4.69) is 15.2 Å². The number of anilines is 1. The molecule has 5 aliphatic rings. The molecule has 1 spiro atoms. The van der Waals surface area contributed by atoms with Gasteiger partial charge in [-0.15, -0.1) is 0 Å². The highest BCUT2D eigenvalue weighted by atomic mass is 35.5. The predicted molar refractivity (Wildman–Crippen MR) is 132 cm³/mol. The lowest BCUT2D eigenvalue weighted by molar-refractivity contribution is -0.121. The average molecular weight is 503 g/mol. The van der Waals surface area contributed by atoms with E-state index in [-0.39, 0.29) is 17.2 Å². The fourth-order valence-corrected chi connectivity index (χ4v) is 6.87. The summed E-state index contributed by atoms with van der Waals surface area (Å²) in [5.41, 5.74) is 5.18. The first-order chi connectivity index (χ1) is 16.4. The van der Waals surface area contributed by atoms with E-state index >= 15 is 0 Å². The predicted octanol–water partition coefficient (Wildman–Crippen LogP) is 3.47. The number of carbonyl (C=O) groups is 2. The number of aliphatic imine (C=N–C) groups is 1. The second-order valence-electron chi connectivity index (χ2n) is 10.2. The van der Waals surface area contributed by atoms with Gasteiger partial charge in [-0.2, -0.15) is 0 Å². The summed E-state index contributed by atoms with van der Waals surface area (Å²) in [6.45, 7) is 6.89. The van der Waals surface area contributed by atoms with Crippen molar-refractivity contribution in [2.45, 2.75) is 32.6 Å². The van der Waals surface area contributed by atoms with Gasteiger partial charge in [0, 0.05) is 56.4 Å². The normalized spacial score (nSPS) is 25.7. The molecule has 5 aliphatic heterocycles. The number of fused-ring (bicyclic) bond motifs is 1. The number of nitrogens with one attached hydrogen (secondary N) is 1. The molecule has 34 heavy (non-hydrogen) atoms. The van der Waals surface area contributed by atoms with Crippen LogP contribution in [0.5, 0.6) is 0 Å². The highest BCUT2D eigenvalue weighted by Crippen LogP contribution is 2.47. The molecule has 1 N–H and O–H groups in total. The fourth-order valence-electron chi connectivity index (χ4n) is 6.21. The van der Waals surface area contributed by atoms with Crippen LogP contribution in [0, 0.1) is 11.3 Å². The molecular formula is C25H28Cl2N4O3. The van der Waals surface area contributed by atoms with Crippen LogP contribution in [-0.2, 0) is 16.0 Å². The zero-order valence-corrected chi connectivity index (χ0v) is 20.8. The lowest BCUT2D eigenvalue weighted by Gasteiger charge is -2.53. The van der Waals surface area contributed by atoms with E-state index < -0.39 is 5.92 Å². The molecule has 1 atom stereocenters. The lowest BCUT2D eigenvalue weighted by Crippen LogP contribution is -2.58. The molecule has 0 saturated carbocycles. The van der Waals surface area contributed by atoms with Crippen molar-refractivity contribution in [3.8, 4) is 0 Å². The van der Waals surface area contributed by atoms with Gasteiger partial charge >= 0.3 is 0 Å². The summed E-state index contributed by atoms with van der Waals surface area (Å²) in [7, 11) is 0. The van der Waals surface area contributed by atoms with Gasteiger partial charge in [-0.05, 0) is 49.8 Å². The van der Waals surface area contributed by atoms with Crippen LogP contribution >= 0.6 is 23.2 Å². The molecule has 2 saturated heterocycles. The minimum Gasteiger partial charge on any atom is -0.383 e. The molecule has 7 nitrogen and oxygen atoms in total. The Balaban J connectivity index is 1.26. The van der Waals surface area contributed by atoms with Crippen LogP contribution in [0.2, 0.25) is 10.0 Å². The van der Waals surface area contributed by atoms with E-state index in [0.29, 0.717) is 35.1 Å². The highest BCUT2D eigenvalue weighted by Gasteiger charge is 2.45. The Bertz CT molecular complexity index is 1150. The smallest absolute Gasteiger partial charge is 0.255 e. The van der Waals surface area contributed by atoms with Crippen molar-refractivity contribution in [2.75, 3.05) is 50.8 Å². The maximum absolute atomic E-state index is 13.7. The van der Waals surface area contributed by atoms with Gasteiger partial charge in [0.05, 0.1) is 33.6 Å². The summed E-state index contributed by atoms with van der Waals surface area (Å²) in [5, 5.41) is 4.40. The first-order valence-corrected chi connectivity index (χ1v) is 12.8. The molecule has 1 aromatic carbocycles. The first kappa shape index (κ1) is 22.4. The molecule has 0 bridgehead atoms. The van der Waals surface area contributed by atoms with Crippen LogP contribution in [0.25, 0.3) is 0 Å². The topological polar surface area (TPSA) is 74.2 Å². The van der Waals surface area contributed by atoms with Crippen molar-refractivity contribution in [3.05, 3.63) is 38.5 Å². The van der Waals surface area contributed by atoms with Gasteiger partial charge in [0.25, 0.3) is 11.8 Å². The molecule has 1 aromatic rings. The summed E-state index contributed by atoms with van der Waals surface area (Å²) < 4.78 is 5.53. The van der Waals surface area contributed by atoms with Crippen LogP contribution in [0.3, 0.4) is 0 Å². The third-order valence-electron chi connectivity index (χ3n) is 8.16. The highest BCUT2D eigenvalue weighted by molar-refractivity contribution is 6.39. The maximum atomic E-state index is 13.7. The zero-order valence-electron chi connectivity index (χ0n) is 19.3. The van der Waals surface area contributed by atoms with Crippen LogP contribution < -0.4 is 10.2 Å². The van der Waals surface area contributed by atoms with E-state index in [1.807, 2.05) is 13.0 Å². The number of amides is 2. The summed E-state index contributed by atoms with van der Waals surface area (Å²) in [4.78, 5) is 34.7. The quantitative estimate of drug-likeness (QED) is 0.684. The average Bonchev–Trinajstić information content (AvgIpc) is 3.29. The SMILES string of the molecule is CC1=NC(=O)C(CN2CCc3c(Cl)cc(N4CC5(CCOCC5)C4)c(Cl)c3C2=O)C2=C1NCC2. The molecule has 0 radical (unpaired) electrons. The third kappa shape index (κ3) is 3.47. The number of dihydropyridines is 1. The summed E-state index contributed by atoms with van der Waals surface area (Å²) in [5.74, 6) is -0.720. The van der Waals surface area contributed by atoms with Gasteiger partial charge in [-0.25, -0.2) is 4.99 Å². The van der Waals surface area contributed by atoms with Crippen LogP contribution in [0.1, 0.15) is 42.1 Å². The van der Waals surface area contributed by atoms with Crippen molar-refractivity contribution in [1.29, 1.82) is 0 Å². The molecule has 5 heterocycles. The minimum atomic E-state index is -0.402. The van der Waals surface area contributed by atoms with E-state index in [0.717, 1.165) is 80.3 Å². The lowest BCUT2D eigenvalue weighted by atomic mass is 9.73. The second kappa shape index (κ2) is 8.25. The first-order valence-electron chi connectivity index (χ1n) is 12.1. The van der Waals surface area contributed by atoms with Crippen molar-refractivity contribution in [1.82, 2.24) is 10.2 Å². The van der Waals surface area contributed by atoms with Gasteiger partial charge < -0.3 is 19.9 Å². The Kier molecular flexibility index (Phi) is 5.43. The van der Waals surface area contributed by atoms with Crippen molar-refractivity contribution in [2.24, 2.45) is 16.3 Å². The molecular weight excluding hydrogens is 475 g/mol. The zero-order chi connectivity index (χ0) is 23.6. The molecule has 9 heteroatoms. The number of benzene rings is 1. The van der Waals surface area contributed by atoms with E-state index in [4.69, 9.17) is 27.9 Å². The van der Waals surface area contributed by atoms with Crippen molar-refractivity contribution in [3.63, 3.8) is 0 Å². The van der Waals surface area contributed by atoms with Crippen LogP contribution in [-0.4, -0.2) is 68.4 Å². The Morgan fingerprint density at radius 2 is 1.97 bits per heavy atom. The second-order valence-corrected chi connectivity index (χ2v) is 11.0. The standard InChI is InChI=1S/C25H28Cl2N4O3/c1-14-22-15(2-6-28-22)17(23(32)29-14)11-30-7-3-16-18(26)10-19(21(27)20(16)24(30)33)31-12-25(13-31)4-8-34-9-5-25/h10,17,28H,2-9,11-13H2,1H3. The monoisotopic (exact) mass is 502 g/mol. The van der Waals surface area contributed by atoms with Gasteiger partial charge in [-0.3, -0.25) is 9.59 Å². The number of hydrogen-bond acceptors (Lipinski definition) is 5. The van der Waals surface area contributed by atoms with E-state index in [9.17, 15) is 9.59 Å². The van der Waals surface area contributed by atoms with Crippen molar-refractivity contribution >= 4 is 46.4 Å². The molecule has 2 amide bonds. The molecule has 180 valence electrons. The minimum absolute atomic E-state index is 0.150. The summed E-state index contributed by atoms with van der Waals surface area (Å²) >= 11 is 13.6. The van der Waals surface area contributed by atoms with E-state index in [1.54, 1.807) is 4.90 Å². The number of hydrogen-bond donors (Lipinski definition) is 1. The summed E-state index contributed by atoms with van der Waals surface area (Å²) in [6.07, 6.45) is 3.53. The molecule has 2 fully saturated rings. The molecule has 0 aromatic heterocycles. The largest absolute Gasteiger partial charge is 0.383 e. The van der Waals surface area contributed by atoms with Crippen LogP contribution in [0.4, 0.5) is 5.69 Å². The Labute approximate surface area is 209 Å². The number of rotatable bonds is 3. The molecule has 6 rings (SSSR count). The number of halogens is 2. The number of carbonyl (C=O) groups excluding carboxylic acids is 2. The molecule has 1 unspecified atom stereocenters.